The quantitative estimate of drug-likeness (QED) is 0.266. The summed E-state index contributed by atoms with van der Waals surface area (Å²) >= 11 is 0. The molecule has 0 amide bonds. The highest BCUT2D eigenvalue weighted by Gasteiger charge is 2.29. The van der Waals surface area contributed by atoms with E-state index in [1.54, 1.807) is 6.07 Å². The van der Waals surface area contributed by atoms with E-state index in [0.29, 0.717) is 24.5 Å². The molecule has 2 aliphatic rings. The largest absolute Gasteiger partial charge is 0.378 e. The molecule has 0 spiro atoms. The first-order valence-electron chi connectivity index (χ1n) is 13.1. The second-order valence-corrected chi connectivity index (χ2v) is 10.3. The number of rotatable bonds is 8. The first-order chi connectivity index (χ1) is 16.9. The second kappa shape index (κ2) is 11.7. The van der Waals surface area contributed by atoms with Gasteiger partial charge in [0.15, 0.2) is 23.3 Å². The maximum absolute atomic E-state index is 15.1. The van der Waals surface area contributed by atoms with Crippen molar-refractivity contribution in [2.75, 3.05) is 6.61 Å². The molecule has 1 heterocycles. The average Bonchev–Trinajstić information content (AvgIpc) is 2.87. The molecule has 0 aromatic heterocycles. The Morgan fingerprint density at radius 2 is 1.34 bits per heavy atom. The molecule has 1 nitrogen and oxygen atoms in total. The Labute approximate surface area is 206 Å². The van der Waals surface area contributed by atoms with E-state index in [9.17, 15) is 0 Å². The molecule has 190 valence electrons. The van der Waals surface area contributed by atoms with Crippen LogP contribution in [-0.4, -0.2) is 12.7 Å². The molecule has 1 saturated heterocycles. The summed E-state index contributed by atoms with van der Waals surface area (Å²) in [6.07, 6.45) is 11.1. The lowest BCUT2D eigenvalue weighted by atomic mass is 9.77. The van der Waals surface area contributed by atoms with Crippen molar-refractivity contribution in [1.82, 2.24) is 0 Å². The van der Waals surface area contributed by atoms with Crippen molar-refractivity contribution < 1.29 is 22.3 Å². The monoisotopic (exact) mass is 488 g/mol. The topological polar surface area (TPSA) is 9.23 Å². The standard InChI is InChI=1S/C30H36F4O/c1-3-5-7-22-13-12-21(18-35-22)24-15-17-26(30(34)28(24)32)25-16-14-23(27(31)29(25)33)20-10-8-19(6-4-2)9-11-20/h3,14-17,19-22H,1,4-13,18H2,2H3. The molecule has 2 aromatic carbocycles. The minimum atomic E-state index is -1.14. The van der Waals surface area contributed by atoms with Gasteiger partial charge in [0.2, 0.25) is 0 Å². The molecule has 1 aliphatic heterocycles. The van der Waals surface area contributed by atoms with Crippen molar-refractivity contribution in [1.29, 1.82) is 0 Å². The highest BCUT2D eigenvalue weighted by Crippen LogP contribution is 2.41. The van der Waals surface area contributed by atoms with Crippen molar-refractivity contribution in [2.24, 2.45) is 5.92 Å². The molecule has 0 N–H and O–H groups in total. The van der Waals surface area contributed by atoms with Gasteiger partial charge in [-0.25, -0.2) is 17.6 Å². The zero-order chi connectivity index (χ0) is 24.9. The Bertz CT molecular complexity index is 1020. The lowest BCUT2D eigenvalue weighted by molar-refractivity contribution is -0.000881. The van der Waals surface area contributed by atoms with Crippen molar-refractivity contribution in [2.45, 2.75) is 89.1 Å². The third kappa shape index (κ3) is 5.66. The van der Waals surface area contributed by atoms with Gasteiger partial charge in [-0.05, 0) is 74.3 Å². The SMILES string of the molecule is C=CCCC1CCC(c2ccc(-c3ccc(C4CCC(CCC)CC4)c(F)c3F)c(F)c2F)CO1. The maximum Gasteiger partial charge on any atom is 0.167 e. The van der Waals surface area contributed by atoms with Crippen LogP contribution in [0.1, 0.15) is 94.1 Å². The van der Waals surface area contributed by atoms with Gasteiger partial charge in [-0.2, -0.15) is 0 Å². The van der Waals surface area contributed by atoms with Crippen molar-refractivity contribution >= 4 is 0 Å². The van der Waals surface area contributed by atoms with Gasteiger partial charge in [-0.3, -0.25) is 0 Å². The summed E-state index contributed by atoms with van der Waals surface area (Å²) in [7, 11) is 0. The molecule has 5 heteroatoms. The Hall–Kier alpha value is -2.14. The number of hydrogen-bond donors (Lipinski definition) is 0. The Kier molecular flexibility index (Phi) is 8.69. The predicted octanol–water partition coefficient (Wildman–Crippen LogP) is 9.21. The molecule has 2 atom stereocenters. The van der Waals surface area contributed by atoms with Crippen LogP contribution in [0.15, 0.2) is 36.9 Å². The zero-order valence-electron chi connectivity index (χ0n) is 20.6. The molecule has 4 rings (SSSR count). The smallest absolute Gasteiger partial charge is 0.167 e. The summed E-state index contributed by atoms with van der Waals surface area (Å²) in [5, 5.41) is 0. The van der Waals surface area contributed by atoms with Gasteiger partial charge in [-0.15, -0.1) is 6.58 Å². The van der Waals surface area contributed by atoms with Gasteiger partial charge in [-0.1, -0.05) is 50.1 Å². The number of benzene rings is 2. The molecule has 0 bridgehead atoms. The second-order valence-electron chi connectivity index (χ2n) is 10.3. The number of hydrogen-bond acceptors (Lipinski definition) is 1. The van der Waals surface area contributed by atoms with Gasteiger partial charge in [0.25, 0.3) is 0 Å². The van der Waals surface area contributed by atoms with Crippen LogP contribution in [0, 0.1) is 29.2 Å². The van der Waals surface area contributed by atoms with Crippen LogP contribution in [0.25, 0.3) is 11.1 Å². The van der Waals surface area contributed by atoms with Gasteiger partial charge in [0.05, 0.1) is 12.7 Å². The minimum Gasteiger partial charge on any atom is -0.378 e. The maximum atomic E-state index is 15.1. The molecule has 35 heavy (non-hydrogen) atoms. The van der Waals surface area contributed by atoms with Crippen LogP contribution >= 0.6 is 0 Å². The first kappa shape index (κ1) is 25.9. The molecule has 2 aromatic rings. The summed E-state index contributed by atoms with van der Waals surface area (Å²) in [5.41, 5.74) is 0.0958. The van der Waals surface area contributed by atoms with E-state index < -0.39 is 23.3 Å². The van der Waals surface area contributed by atoms with E-state index in [2.05, 4.69) is 13.5 Å². The average molecular weight is 489 g/mol. The summed E-state index contributed by atoms with van der Waals surface area (Å²) in [6.45, 7) is 6.19. The van der Waals surface area contributed by atoms with Gasteiger partial charge >= 0.3 is 0 Å². The fraction of sp³-hybridized carbons (Fsp3) is 0.533. The minimum absolute atomic E-state index is 0.0303. The highest BCUT2D eigenvalue weighted by molar-refractivity contribution is 5.66. The third-order valence-electron chi connectivity index (χ3n) is 8.00. The predicted molar refractivity (Wildman–Crippen MR) is 132 cm³/mol. The van der Waals surface area contributed by atoms with Crippen LogP contribution in [0.4, 0.5) is 17.6 Å². The van der Waals surface area contributed by atoms with Crippen LogP contribution in [-0.2, 0) is 4.74 Å². The molecule has 1 saturated carbocycles. The van der Waals surface area contributed by atoms with E-state index in [4.69, 9.17) is 4.74 Å². The van der Waals surface area contributed by atoms with E-state index in [1.165, 1.54) is 24.6 Å². The van der Waals surface area contributed by atoms with Gasteiger partial charge in [0.1, 0.15) is 0 Å². The normalized spacial score (nSPS) is 24.9. The molecule has 0 radical (unpaired) electrons. The summed E-state index contributed by atoms with van der Waals surface area (Å²) < 4.78 is 66.2. The fourth-order valence-corrected chi connectivity index (χ4v) is 5.93. The van der Waals surface area contributed by atoms with Gasteiger partial charge < -0.3 is 4.74 Å². The number of allylic oxidation sites excluding steroid dienone is 1. The lowest BCUT2D eigenvalue weighted by Crippen LogP contribution is -2.25. The van der Waals surface area contributed by atoms with Gasteiger partial charge in [0, 0.05) is 17.0 Å². The summed E-state index contributed by atoms with van der Waals surface area (Å²) in [5.74, 6) is -3.80. The van der Waals surface area contributed by atoms with E-state index in [0.717, 1.165) is 51.4 Å². The first-order valence-corrected chi connectivity index (χ1v) is 13.1. The van der Waals surface area contributed by atoms with Crippen LogP contribution < -0.4 is 0 Å². The third-order valence-corrected chi connectivity index (χ3v) is 8.00. The van der Waals surface area contributed by atoms with E-state index in [1.807, 2.05) is 6.08 Å². The van der Waals surface area contributed by atoms with E-state index in [-0.39, 0.29) is 34.6 Å². The summed E-state index contributed by atoms with van der Waals surface area (Å²) in [6, 6.07) is 5.82. The summed E-state index contributed by atoms with van der Waals surface area (Å²) in [4.78, 5) is 0. The number of ether oxygens (including phenoxy) is 1. The van der Waals surface area contributed by atoms with Crippen molar-refractivity contribution in [3.63, 3.8) is 0 Å². The Morgan fingerprint density at radius 1 is 0.771 bits per heavy atom. The highest BCUT2D eigenvalue weighted by atomic mass is 19.2. The number of halogens is 4. The van der Waals surface area contributed by atoms with Crippen LogP contribution in [0.2, 0.25) is 0 Å². The molecule has 2 unspecified atom stereocenters. The fourth-order valence-electron chi connectivity index (χ4n) is 5.93. The molecule has 2 fully saturated rings. The molecular weight excluding hydrogens is 452 g/mol. The van der Waals surface area contributed by atoms with Crippen molar-refractivity contribution in [3.8, 4) is 11.1 Å². The van der Waals surface area contributed by atoms with Crippen LogP contribution in [0.5, 0.6) is 0 Å². The molecular formula is C30H36F4O. The molecule has 1 aliphatic carbocycles. The Balaban J connectivity index is 1.51. The Morgan fingerprint density at radius 3 is 1.86 bits per heavy atom. The van der Waals surface area contributed by atoms with Crippen molar-refractivity contribution in [3.05, 3.63) is 71.3 Å². The van der Waals surface area contributed by atoms with E-state index >= 15 is 17.6 Å². The van der Waals surface area contributed by atoms with Crippen LogP contribution in [0.3, 0.4) is 0 Å². The zero-order valence-corrected chi connectivity index (χ0v) is 20.6. The lowest BCUT2D eigenvalue weighted by Gasteiger charge is -2.30.